The molecule has 0 saturated carbocycles. The summed E-state index contributed by atoms with van der Waals surface area (Å²) < 4.78 is 28.8. The van der Waals surface area contributed by atoms with Gasteiger partial charge >= 0.3 is 0 Å². The van der Waals surface area contributed by atoms with Crippen molar-refractivity contribution >= 4 is 50.7 Å². The Bertz CT molecular complexity index is 1380. The number of sulfonamides is 1. The van der Waals surface area contributed by atoms with Gasteiger partial charge < -0.3 is 10.2 Å². The van der Waals surface area contributed by atoms with Gasteiger partial charge in [0.2, 0.25) is 11.8 Å². The van der Waals surface area contributed by atoms with Crippen LogP contribution in [-0.2, 0) is 32.6 Å². The Hall–Kier alpha value is -3.07. The van der Waals surface area contributed by atoms with Gasteiger partial charge in [0, 0.05) is 28.7 Å². The molecule has 0 fully saturated rings. The largest absolute Gasteiger partial charge is 0.354 e. The number of carbonyl (C=O) groups excluding carboxylic acids is 2. The van der Waals surface area contributed by atoms with Crippen LogP contribution in [0.2, 0.25) is 10.0 Å². The molecule has 3 aromatic carbocycles. The zero-order valence-corrected chi connectivity index (χ0v) is 25.3. The molecule has 0 aliphatic rings. The first-order chi connectivity index (χ1) is 19.1. The number of carbonyl (C=O) groups is 2. The lowest BCUT2D eigenvalue weighted by molar-refractivity contribution is -0.140. The minimum absolute atomic E-state index is 0.0517. The molecule has 3 rings (SSSR count). The first-order valence-electron chi connectivity index (χ1n) is 13.3. The number of halogens is 2. The molecule has 1 atom stereocenters. The van der Waals surface area contributed by atoms with Gasteiger partial charge in [0.15, 0.2) is 0 Å². The standard InChI is InChI=1S/C30H35Cl2N3O4S/c1-4-19-33-30(37)28(6-3)34(20-25-26(31)13-10-14-27(25)32)29(36)21-35(23-17-15-22(5-2)16-18-23)40(38,39)24-11-8-7-9-12-24/h7-18,28H,4-6,19-21H2,1-3H3,(H,33,37)/t28-/m1/s1. The summed E-state index contributed by atoms with van der Waals surface area (Å²) in [5, 5.41) is 3.55. The molecule has 214 valence electrons. The summed E-state index contributed by atoms with van der Waals surface area (Å²) in [6.45, 7) is 5.59. The highest BCUT2D eigenvalue weighted by Crippen LogP contribution is 2.29. The Kier molecular flexibility index (Phi) is 11.4. The number of amides is 2. The van der Waals surface area contributed by atoms with Gasteiger partial charge in [0.05, 0.1) is 10.6 Å². The van der Waals surface area contributed by atoms with Gasteiger partial charge in [-0.05, 0) is 61.2 Å². The van der Waals surface area contributed by atoms with E-state index < -0.39 is 28.5 Å². The minimum Gasteiger partial charge on any atom is -0.354 e. The lowest BCUT2D eigenvalue weighted by Crippen LogP contribution is -2.52. The van der Waals surface area contributed by atoms with Crippen molar-refractivity contribution in [2.45, 2.75) is 57.5 Å². The molecule has 3 aromatic rings. The van der Waals surface area contributed by atoms with Crippen LogP contribution < -0.4 is 9.62 Å². The van der Waals surface area contributed by atoms with Crippen LogP contribution >= 0.6 is 23.2 Å². The summed E-state index contributed by atoms with van der Waals surface area (Å²) in [6.07, 6.45) is 1.81. The molecule has 0 spiro atoms. The van der Waals surface area contributed by atoms with Gasteiger partial charge in [-0.1, -0.05) is 80.4 Å². The number of rotatable bonds is 13. The Morgan fingerprint density at radius 3 is 2.05 bits per heavy atom. The first-order valence-corrected chi connectivity index (χ1v) is 15.5. The molecular formula is C30H35Cl2N3O4S. The highest BCUT2D eigenvalue weighted by molar-refractivity contribution is 7.92. The van der Waals surface area contributed by atoms with Crippen molar-refractivity contribution in [1.29, 1.82) is 0 Å². The third-order valence-electron chi connectivity index (χ3n) is 6.57. The highest BCUT2D eigenvalue weighted by atomic mass is 35.5. The Labute approximate surface area is 247 Å². The van der Waals surface area contributed by atoms with Crippen molar-refractivity contribution in [2.75, 3.05) is 17.4 Å². The van der Waals surface area contributed by atoms with Crippen LogP contribution in [0.3, 0.4) is 0 Å². The number of aryl methyl sites for hydroxylation is 1. The predicted octanol–water partition coefficient (Wildman–Crippen LogP) is 6.08. The molecule has 0 aromatic heterocycles. The number of anilines is 1. The average molecular weight is 605 g/mol. The topological polar surface area (TPSA) is 86.8 Å². The number of nitrogens with zero attached hydrogens (tertiary/aromatic N) is 2. The summed E-state index contributed by atoms with van der Waals surface area (Å²) >= 11 is 12.9. The fourth-order valence-electron chi connectivity index (χ4n) is 4.29. The molecule has 10 heteroatoms. The summed E-state index contributed by atoms with van der Waals surface area (Å²) in [7, 11) is -4.13. The van der Waals surface area contributed by atoms with E-state index in [2.05, 4.69) is 5.32 Å². The predicted molar refractivity (Wildman–Crippen MR) is 161 cm³/mol. The van der Waals surface area contributed by atoms with E-state index in [9.17, 15) is 18.0 Å². The van der Waals surface area contributed by atoms with E-state index in [0.29, 0.717) is 34.3 Å². The fourth-order valence-corrected chi connectivity index (χ4v) is 6.24. The zero-order valence-electron chi connectivity index (χ0n) is 22.9. The van der Waals surface area contributed by atoms with Crippen molar-refractivity contribution in [2.24, 2.45) is 0 Å². The molecule has 0 bridgehead atoms. The van der Waals surface area contributed by atoms with Gasteiger partial charge in [0.25, 0.3) is 10.0 Å². The third-order valence-corrected chi connectivity index (χ3v) is 9.06. The molecule has 0 aliphatic carbocycles. The van der Waals surface area contributed by atoms with Crippen LogP contribution in [0.1, 0.15) is 44.7 Å². The number of hydrogen-bond acceptors (Lipinski definition) is 4. The van der Waals surface area contributed by atoms with Crippen molar-refractivity contribution in [3.05, 3.63) is 94.0 Å². The average Bonchev–Trinajstić information content (AvgIpc) is 2.96. The SMILES string of the molecule is CCCNC(=O)[C@@H](CC)N(Cc1c(Cl)cccc1Cl)C(=O)CN(c1ccc(CC)cc1)S(=O)(=O)c1ccccc1. The van der Waals surface area contributed by atoms with Crippen LogP contribution in [0.15, 0.2) is 77.7 Å². The molecule has 2 amide bonds. The Morgan fingerprint density at radius 2 is 1.50 bits per heavy atom. The maximum atomic E-state index is 14.1. The van der Waals surface area contributed by atoms with E-state index in [1.165, 1.54) is 17.0 Å². The Balaban J connectivity index is 2.08. The van der Waals surface area contributed by atoms with Crippen LogP contribution in [0, 0.1) is 0 Å². The molecule has 7 nitrogen and oxygen atoms in total. The van der Waals surface area contributed by atoms with Crippen LogP contribution in [0.25, 0.3) is 0 Å². The first kappa shape index (κ1) is 31.5. The van der Waals surface area contributed by atoms with Crippen molar-refractivity contribution < 1.29 is 18.0 Å². The number of nitrogens with one attached hydrogen (secondary N) is 1. The lowest BCUT2D eigenvalue weighted by Gasteiger charge is -2.33. The van der Waals surface area contributed by atoms with E-state index >= 15 is 0 Å². The fraction of sp³-hybridized carbons (Fsp3) is 0.333. The normalized spacial score (nSPS) is 12.0. The van der Waals surface area contributed by atoms with Crippen LogP contribution in [0.4, 0.5) is 5.69 Å². The summed E-state index contributed by atoms with van der Waals surface area (Å²) in [6, 6.07) is 19.1. The van der Waals surface area contributed by atoms with E-state index in [1.807, 2.05) is 26.0 Å². The smallest absolute Gasteiger partial charge is 0.264 e. The Morgan fingerprint density at radius 1 is 0.875 bits per heavy atom. The zero-order chi connectivity index (χ0) is 29.3. The lowest BCUT2D eigenvalue weighted by atomic mass is 10.1. The van der Waals surface area contributed by atoms with Crippen molar-refractivity contribution in [1.82, 2.24) is 10.2 Å². The molecule has 0 radical (unpaired) electrons. The van der Waals surface area contributed by atoms with Crippen molar-refractivity contribution in [3.8, 4) is 0 Å². The summed E-state index contributed by atoms with van der Waals surface area (Å²) in [5.74, 6) is -0.890. The molecule has 1 N–H and O–H groups in total. The third kappa shape index (κ3) is 7.56. The van der Waals surface area contributed by atoms with E-state index in [-0.39, 0.29) is 17.3 Å². The maximum Gasteiger partial charge on any atom is 0.264 e. The van der Waals surface area contributed by atoms with Gasteiger partial charge in [-0.25, -0.2) is 8.42 Å². The van der Waals surface area contributed by atoms with Crippen LogP contribution in [0.5, 0.6) is 0 Å². The molecule has 0 unspecified atom stereocenters. The molecule has 0 aliphatic heterocycles. The number of benzene rings is 3. The van der Waals surface area contributed by atoms with Gasteiger partial charge in [-0.3, -0.25) is 13.9 Å². The summed E-state index contributed by atoms with van der Waals surface area (Å²) in [5.41, 5.74) is 1.85. The molecule has 0 heterocycles. The molecule has 40 heavy (non-hydrogen) atoms. The monoisotopic (exact) mass is 603 g/mol. The minimum atomic E-state index is -4.13. The second kappa shape index (κ2) is 14.5. The number of hydrogen-bond donors (Lipinski definition) is 1. The quantitative estimate of drug-likeness (QED) is 0.256. The molecule has 0 saturated heterocycles. The second-order valence-corrected chi connectivity index (χ2v) is 12.0. The van der Waals surface area contributed by atoms with Crippen LogP contribution in [-0.4, -0.2) is 44.3 Å². The van der Waals surface area contributed by atoms with Gasteiger partial charge in [0.1, 0.15) is 12.6 Å². The van der Waals surface area contributed by atoms with E-state index in [4.69, 9.17) is 23.2 Å². The van der Waals surface area contributed by atoms with Crippen molar-refractivity contribution in [3.63, 3.8) is 0 Å². The summed E-state index contributed by atoms with van der Waals surface area (Å²) in [4.78, 5) is 28.7. The van der Waals surface area contributed by atoms with Gasteiger partial charge in [-0.2, -0.15) is 0 Å². The highest BCUT2D eigenvalue weighted by Gasteiger charge is 2.34. The van der Waals surface area contributed by atoms with Gasteiger partial charge in [-0.15, -0.1) is 0 Å². The molecular weight excluding hydrogens is 569 g/mol. The second-order valence-electron chi connectivity index (χ2n) is 9.28. The van der Waals surface area contributed by atoms with E-state index in [1.54, 1.807) is 55.5 Å². The maximum absolute atomic E-state index is 14.1. The van der Waals surface area contributed by atoms with E-state index in [0.717, 1.165) is 22.7 Å².